The molecule has 2 aromatic rings. The van der Waals surface area contributed by atoms with Crippen molar-refractivity contribution in [1.82, 2.24) is 5.43 Å². The zero-order valence-electron chi connectivity index (χ0n) is 12.5. The molecule has 1 N–H and O–H groups in total. The summed E-state index contributed by atoms with van der Waals surface area (Å²) in [7, 11) is 0. The van der Waals surface area contributed by atoms with Crippen LogP contribution in [0.25, 0.3) is 0 Å². The number of hydrazone groups is 1. The molecule has 0 saturated carbocycles. The highest BCUT2D eigenvalue weighted by Crippen LogP contribution is 2.21. The molecule has 5 heteroatoms. The van der Waals surface area contributed by atoms with Crippen LogP contribution in [0.4, 0.5) is 0 Å². The summed E-state index contributed by atoms with van der Waals surface area (Å²) in [6, 6.07) is 13.4. The molecule has 0 bridgehead atoms. The molecule has 22 heavy (non-hydrogen) atoms. The second kappa shape index (κ2) is 7.75. The first kappa shape index (κ1) is 16.2. The van der Waals surface area contributed by atoms with Crippen LogP contribution in [0.5, 0.6) is 5.75 Å². The minimum atomic E-state index is -0.302. The molecule has 4 nitrogen and oxygen atoms in total. The van der Waals surface area contributed by atoms with Crippen LogP contribution in [-0.2, 0) is 4.79 Å². The number of amides is 1. The molecule has 0 aromatic heterocycles. The number of halogens is 1. The summed E-state index contributed by atoms with van der Waals surface area (Å²) in [5, 5.41) is 3.90. The molecule has 1 amide bonds. The van der Waals surface area contributed by atoms with Gasteiger partial charge in [-0.3, -0.25) is 4.79 Å². The lowest BCUT2D eigenvalue weighted by atomic mass is 10.2. The standard InChI is InChI=1S/C17H17BrN2O2/c1-12-3-5-14(6-4-12)10-19-20-17(21)11-22-15-7-8-16(18)13(2)9-15/h3-10H,11H2,1-2H3,(H,20,21)/b19-10+. The van der Waals surface area contributed by atoms with E-state index in [1.165, 1.54) is 5.56 Å². The zero-order chi connectivity index (χ0) is 15.9. The van der Waals surface area contributed by atoms with Gasteiger partial charge in [-0.1, -0.05) is 45.8 Å². The fourth-order valence-corrected chi connectivity index (χ4v) is 1.97. The Morgan fingerprint density at radius 2 is 1.95 bits per heavy atom. The summed E-state index contributed by atoms with van der Waals surface area (Å²) in [4.78, 5) is 11.7. The zero-order valence-corrected chi connectivity index (χ0v) is 14.1. The van der Waals surface area contributed by atoms with Crippen LogP contribution in [0.15, 0.2) is 52.0 Å². The average Bonchev–Trinajstić information content (AvgIpc) is 2.50. The molecule has 0 unspecified atom stereocenters. The lowest BCUT2D eigenvalue weighted by Gasteiger charge is -2.06. The Labute approximate surface area is 138 Å². The Balaban J connectivity index is 1.80. The highest BCUT2D eigenvalue weighted by molar-refractivity contribution is 9.10. The molecule has 0 fully saturated rings. The number of carbonyl (C=O) groups excluding carboxylic acids is 1. The van der Waals surface area contributed by atoms with Crippen molar-refractivity contribution in [3.05, 3.63) is 63.6 Å². The molecule has 0 atom stereocenters. The van der Waals surface area contributed by atoms with E-state index in [2.05, 4.69) is 26.5 Å². The predicted molar refractivity (Wildman–Crippen MR) is 91.3 cm³/mol. The van der Waals surface area contributed by atoms with Crippen LogP contribution in [0.3, 0.4) is 0 Å². The van der Waals surface area contributed by atoms with Crippen molar-refractivity contribution in [3.63, 3.8) is 0 Å². The van der Waals surface area contributed by atoms with Gasteiger partial charge >= 0.3 is 0 Å². The molecule has 114 valence electrons. The fourth-order valence-electron chi connectivity index (χ4n) is 1.72. The molecule has 0 spiro atoms. The summed E-state index contributed by atoms with van der Waals surface area (Å²) in [5.41, 5.74) is 5.60. The van der Waals surface area contributed by atoms with Gasteiger partial charge in [-0.2, -0.15) is 5.10 Å². The Bertz CT molecular complexity index is 682. The van der Waals surface area contributed by atoms with Gasteiger partial charge in [-0.05, 0) is 43.2 Å². The van der Waals surface area contributed by atoms with Crippen LogP contribution in [-0.4, -0.2) is 18.7 Å². The fraction of sp³-hybridized carbons (Fsp3) is 0.176. The molecule has 2 rings (SSSR count). The first-order chi connectivity index (χ1) is 10.5. The maximum atomic E-state index is 11.7. The maximum absolute atomic E-state index is 11.7. The van der Waals surface area contributed by atoms with Gasteiger partial charge in [0, 0.05) is 4.47 Å². The van der Waals surface area contributed by atoms with E-state index in [0.717, 1.165) is 15.6 Å². The Morgan fingerprint density at radius 1 is 1.23 bits per heavy atom. The summed E-state index contributed by atoms with van der Waals surface area (Å²) < 4.78 is 6.42. The molecule has 2 aromatic carbocycles. The summed E-state index contributed by atoms with van der Waals surface area (Å²) in [6.07, 6.45) is 1.60. The second-order valence-electron chi connectivity index (χ2n) is 4.90. The number of nitrogens with zero attached hydrogens (tertiary/aromatic N) is 1. The molecule has 0 aliphatic carbocycles. The summed E-state index contributed by atoms with van der Waals surface area (Å²) in [5.74, 6) is 0.349. The van der Waals surface area contributed by atoms with Crippen molar-refractivity contribution in [1.29, 1.82) is 0 Å². The van der Waals surface area contributed by atoms with Crippen LogP contribution in [0.1, 0.15) is 16.7 Å². The van der Waals surface area contributed by atoms with Gasteiger partial charge in [0.2, 0.25) is 0 Å². The van der Waals surface area contributed by atoms with Gasteiger partial charge in [0.25, 0.3) is 5.91 Å². The number of ether oxygens (including phenoxy) is 1. The van der Waals surface area contributed by atoms with E-state index < -0.39 is 0 Å². The third-order valence-corrected chi connectivity index (χ3v) is 3.87. The number of aryl methyl sites for hydroxylation is 2. The van der Waals surface area contributed by atoms with Crippen LogP contribution in [0.2, 0.25) is 0 Å². The third kappa shape index (κ3) is 5.00. The molecule has 0 saturated heterocycles. The minimum absolute atomic E-state index is 0.0771. The lowest BCUT2D eigenvalue weighted by Crippen LogP contribution is -2.24. The maximum Gasteiger partial charge on any atom is 0.277 e. The van der Waals surface area contributed by atoms with Gasteiger partial charge in [-0.15, -0.1) is 0 Å². The van der Waals surface area contributed by atoms with Crippen LogP contribution >= 0.6 is 15.9 Å². The van der Waals surface area contributed by atoms with E-state index in [4.69, 9.17) is 4.74 Å². The number of benzene rings is 2. The van der Waals surface area contributed by atoms with Crippen molar-refractivity contribution in [2.24, 2.45) is 5.10 Å². The van der Waals surface area contributed by atoms with Gasteiger partial charge in [0.15, 0.2) is 6.61 Å². The number of hydrogen-bond donors (Lipinski definition) is 1. The monoisotopic (exact) mass is 360 g/mol. The number of nitrogens with one attached hydrogen (secondary N) is 1. The second-order valence-corrected chi connectivity index (χ2v) is 5.76. The van der Waals surface area contributed by atoms with E-state index >= 15 is 0 Å². The van der Waals surface area contributed by atoms with Crippen molar-refractivity contribution < 1.29 is 9.53 Å². The molecule has 0 radical (unpaired) electrons. The van der Waals surface area contributed by atoms with E-state index in [1.807, 2.05) is 50.2 Å². The normalized spacial score (nSPS) is 10.7. The van der Waals surface area contributed by atoms with Gasteiger partial charge < -0.3 is 4.74 Å². The number of hydrogen-bond acceptors (Lipinski definition) is 3. The molecular formula is C17H17BrN2O2. The topological polar surface area (TPSA) is 50.7 Å². The first-order valence-corrected chi connectivity index (χ1v) is 7.61. The van der Waals surface area contributed by atoms with Gasteiger partial charge in [0.1, 0.15) is 5.75 Å². The number of rotatable bonds is 5. The molecule has 0 heterocycles. The highest BCUT2D eigenvalue weighted by atomic mass is 79.9. The summed E-state index contributed by atoms with van der Waals surface area (Å²) >= 11 is 3.42. The lowest BCUT2D eigenvalue weighted by molar-refractivity contribution is -0.123. The minimum Gasteiger partial charge on any atom is -0.484 e. The Hall–Kier alpha value is -2.14. The van der Waals surface area contributed by atoms with Crippen molar-refractivity contribution >= 4 is 28.1 Å². The van der Waals surface area contributed by atoms with E-state index in [9.17, 15) is 4.79 Å². The average molecular weight is 361 g/mol. The molecule has 0 aliphatic heterocycles. The molecule has 0 aliphatic rings. The highest BCUT2D eigenvalue weighted by Gasteiger charge is 2.02. The smallest absolute Gasteiger partial charge is 0.277 e. The Morgan fingerprint density at radius 3 is 2.64 bits per heavy atom. The van der Waals surface area contributed by atoms with Crippen LogP contribution < -0.4 is 10.2 Å². The third-order valence-electron chi connectivity index (χ3n) is 2.98. The van der Waals surface area contributed by atoms with E-state index in [-0.39, 0.29) is 12.5 Å². The van der Waals surface area contributed by atoms with Crippen molar-refractivity contribution in [2.45, 2.75) is 13.8 Å². The predicted octanol–water partition coefficient (Wildman–Crippen LogP) is 3.60. The van der Waals surface area contributed by atoms with Crippen LogP contribution in [0, 0.1) is 13.8 Å². The SMILES string of the molecule is Cc1ccc(/C=N/NC(=O)COc2ccc(Br)c(C)c2)cc1. The first-order valence-electron chi connectivity index (χ1n) is 6.82. The van der Waals surface area contributed by atoms with Gasteiger partial charge in [0.05, 0.1) is 6.21 Å². The van der Waals surface area contributed by atoms with Crippen molar-refractivity contribution in [3.8, 4) is 5.75 Å². The summed E-state index contributed by atoms with van der Waals surface area (Å²) in [6.45, 7) is 3.90. The van der Waals surface area contributed by atoms with E-state index in [0.29, 0.717) is 5.75 Å². The van der Waals surface area contributed by atoms with Crippen molar-refractivity contribution in [2.75, 3.05) is 6.61 Å². The quantitative estimate of drug-likeness (QED) is 0.654. The van der Waals surface area contributed by atoms with Gasteiger partial charge in [-0.25, -0.2) is 5.43 Å². The Kier molecular flexibility index (Phi) is 5.72. The van der Waals surface area contributed by atoms with E-state index in [1.54, 1.807) is 12.3 Å². The largest absolute Gasteiger partial charge is 0.484 e. The number of carbonyl (C=O) groups is 1. The molecular weight excluding hydrogens is 344 g/mol.